The Bertz CT molecular complexity index is 2700. The van der Waals surface area contributed by atoms with E-state index in [1.54, 1.807) is 12.4 Å². The summed E-state index contributed by atoms with van der Waals surface area (Å²) in [7, 11) is 0. The summed E-state index contributed by atoms with van der Waals surface area (Å²) >= 11 is 1.91. The lowest BCUT2D eigenvalue weighted by Crippen LogP contribution is -1.89. The highest BCUT2D eigenvalue weighted by atomic mass is 32.1. The molecule has 0 unspecified atom stereocenters. The summed E-state index contributed by atoms with van der Waals surface area (Å²) in [4.78, 5) is 9.51. The van der Waals surface area contributed by atoms with E-state index in [-0.39, 0.29) is 0 Å². The molecule has 3 heteroatoms. The molecule has 8 aromatic carbocycles. The zero-order chi connectivity index (χ0) is 28.1. The van der Waals surface area contributed by atoms with E-state index < -0.39 is 0 Å². The number of aromatic nitrogens is 2. The lowest BCUT2D eigenvalue weighted by molar-refractivity contribution is 1.31. The fourth-order valence-electron chi connectivity index (χ4n) is 7.06. The summed E-state index contributed by atoms with van der Waals surface area (Å²) in [5.41, 5.74) is 6.83. The number of nitrogens with zero attached hydrogens (tertiary/aromatic N) is 2. The molecule has 10 rings (SSSR count). The van der Waals surface area contributed by atoms with E-state index in [0.29, 0.717) is 0 Å². The van der Waals surface area contributed by atoms with Gasteiger partial charge in [0.15, 0.2) is 0 Å². The van der Waals surface area contributed by atoms with Gasteiger partial charge in [-0.3, -0.25) is 9.97 Å². The van der Waals surface area contributed by atoms with Crippen molar-refractivity contribution in [1.82, 2.24) is 9.97 Å². The summed E-state index contributed by atoms with van der Waals surface area (Å²) in [6.45, 7) is 0. The third-order valence-electron chi connectivity index (χ3n) is 9.08. The van der Waals surface area contributed by atoms with Gasteiger partial charge in [-0.1, -0.05) is 97.1 Å². The third-order valence-corrected chi connectivity index (χ3v) is 10.3. The van der Waals surface area contributed by atoms with Crippen LogP contribution in [0.5, 0.6) is 0 Å². The highest BCUT2D eigenvalue weighted by molar-refractivity contribution is 7.26. The molecule has 198 valence electrons. The monoisotopic (exact) mass is 562 g/mol. The fourth-order valence-corrected chi connectivity index (χ4v) is 8.37. The molecule has 0 fully saturated rings. The van der Waals surface area contributed by atoms with Crippen molar-refractivity contribution in [3.63, 3.8) is 0 Å². The summed E-state index contributed by atoms with van der Waals surface area (Å²) in [5, 5.41) is 12.6. The number of hydrogen-bond donors (Lipinski definition) is 0. The molecule has 2 aromatic heterocycles. The lowest BCUT2D eigenvalue weighted by Gasteiger charge is -2.12. The van der Waals surface area contributed by atoms with Crippen LogP contribution in [-0.4, -0.2) is 9.97 Å². The van der Waals surface area contributed by atoms with Gasteiger partial charge in [0.05, 0.1) is 11.0 Å². The van der Waals surface area contributed by atoms with Crippen LogP contribution in [0.3, 0.4) is 0 Å². The topological polar surface area (TPSA) is 25.8 Å². The number of benzene rings is 8. The normalized spacial score (nSPS) is 12.2. The Kier molecular flexibility index (Phi) is 4.63. The minimum atomic E-state index is 0.947. The van der Waals surface area contributed by atoms with Crippen molar-refractivity contribution < 1.29 is 0 Å². The van der Waals surface area contributed by atoms with Crippen molar-refractivity contribution in [3.05, 3.63) is 134 Å². The molecule has 0 spiro atoms. The molecule has 0 bridgehead atoms. The van der Waals surface area contributed by atoms with Gasteiger partial charge in [-0.15, -0.1) is 11.3 Å². The Morgan fingerprint density at radius 1 is 0.419 bits per heavy atom. The number of fused-ring (bicyclic) bond motifs is 7. The Labute approximate surface area is 250 Å². The Morgan fingerprint density at radius 3 is 1.95 bits per heavy atom. The van der Waals surface area contributed by atoms with Gasteiger partial charge in [0.2, 0.25) is 0 Å². The van der Waals surface area contributed by atoms with Crippen LogP contribution in [0.15, 0.2) is 134 Å². The summed E-state index contributed by atoms with van der Waals surface area (Å²) in [5.74, 6) is 0. The Hall–Kier alpha value is -5.38. The van der Waals surface area contributed by atoms with Crippen LogP contribution in [0.4, 0.5) is 0 Å². The summed E-state index contributed by atoms with van der Waals surface area (Å²) in [6, 6.07) is 44.7. The molecule has 10 aromatic rings. The predicted molar refractivity (Wildman–Crippen MR) is 185 cm³/mol. The first-order valence-electron chi connectivity index (χ1n) is 14.6. The van der Waals surface area contributed by atoms with Crippen molar-refractivity contribution in [1.29, 1.82) is 0 Å². The first-order valence-corrected chi connectivity index (χ1v) is 15.4. The zero-order valence-electron chi connectivity index (χ0n) is 23.0. The molecule has 0 atom stereocenters. The molecule has 0 aliphatic carbocycles. The Balaban J connectivity index is 1.16. The van der Waals surface area contributed by atoms with E-state index >= 15 is 0 Å². The highest BCUT2D eigenvalue weighted by Gasteiger charge is 2.16. The van der Waals surface area contributed by atoms with Crippen LogP contribution in [-0.2, 0) is 0 Å². The largest absolute Gasteiger partial charge is 0.252 e. The Morgan fingerprint density at radius 2 is 1.07 bits per heavy atom. The molecule has 2 nitrogen and oxygen atoms in total. The second kappa shape index (κ2) is 8.57. The molecule has 0 N–H and O–H groups in total. The quantitative estimate of drug-likeness (QED) is 0.196. The smallest absolute Gasteiger partial charge is 0.0971 e. The minimum Gasteiger partial charge on any atom is -0.252 e. The fraction of sp³-hybridized carbons (Fsp3) is 0. The average molecular weight is 563 g/mol. The average Bonchev–Trinajstić information content (AvgIpc) is 3.48. The maximum atomic E-state index is 4.78. The first kappa shape index (κ1) is 23.2. The van der Waals surface area contributed by atoms with Gasteiger partial charge < -0.3 is 0 Å². The van der Waals surface area contributed by atoms with E-state index in [1.165, 1.54) is 74.7 Å². The van der Waals surface area contributed by atoms with E-state index in [2.05, 4.69) is 121 Å². The van der Waals surface area contributed by atoms with Gasteiger partial charge in [-0.2, -0.15) is 0 Å². The highest BCUT2D eigenvalue weighted by Crippen LogP contribution is 2.45. The molecule has 2 heterocycles. The molecule has 0 radical (unpaired) electrons. The van der Waals surface area contributed by atoms with Crippen LogP contribution in [0.1, 0.15) is 0 Å². The molecule has 0 saturated carbocycles. The molecule has 0 aliphatic heterocycles. The van der Waals surface area contributed by atoms with Crippen LogP contribution >= 0.6 is 11.3 Å². The maximum Gasteiger partial charge on any atom is 0.0971 e. The first-order chi connectivity index (χ1) is 21.3. The van der Waals surface area contributed by atoms with Crippen molar-refractivity contribution in [2.75, 3.05) is 0 Å². The lowest BCUT2D eigenvalue weighted by atomic mass is 9.93. The SMILES string of the molecule is c1cc2ccc3ccc(-c4ccc5ccc(-c6ccc7c8ccccc8c8nccnc8c7c6)cc5c4)c4sc(c1)c2c34. The van der Waals surface area contributed by atoms with Crippen molar-refractivity contribution >= 4 is 85.6 Å². The van der Waals surface area contributed by atoms with Crippen molar-refractivity contribution in [2.24, 2.45) is 0 Å². The standard InChI is InChI=1S/C40H22N2S/c1-2-6-33-31(5-1)32-17-15-27(22-34(32)39-38(33)41-18-19-42-39)26-12-8-23-9-13-28(21-29(23)20-26)30-16-14-25-11-10-24-4-3-7-35-36(24)37(25)40(30)43-35/h1-22H. The van der Waals surface area contributed by atoms with Gasteiger partial charge in [0.25, 0.3) is 0 Å². The van der Waals surface area contributed by atoms with Crippen molar-refractivity contribution in [3.8, 4) is 22.3 Å². The number of thiophene rings is 1. The summed E-state index contributed by atoms with van der Waals surface area (Å²) in [6.07, 6.45) is 3.58. The predicted octanol–water partition coefficient (Wildman–Crippen LogP) is 11.4. The van der Waals surface area contributed by atoms with Gasteiger partial charge in [-0.05, 0) is 78.8 Å². The van der Waals surface area contributed by atoms with Gasteiger partial charge in [0.1, 0.15) is 0 Å². The van der Waals surface area contributed by atoms with Gasteiger partial charge in [0, 0.05) is 43.3 Å². The molecule has 0 aliphatic rings. The van der Waals surface area contributed by atoms with Crippen LogP contribution in [0.25, 0.3) is 96.5 Å². The van der Waals surface area contributed by atoms with E-state index in [0.717, 1.165) is 21.8 Å². The maximum absolute atomic E-state index is 4.78. The van der Waals surface area contributed by atoms with E-state index in [1.807, 2.05) is 11.3 Å². The van der Waals surface area contributed by atoms with Gasteiger partial charge in [-0.25, -0.2) is 0 Å². The van der Waals surface area contributed by atoms with Crippen LogP contribution < -0.4 is 0 Å². The number of rotatable bonds is 2. The van der Waals surface area contributed by atoms with E-state index in [9.17, 15) is 0 Å². The van der Waals surface area contributed by atoms with Crippen LogP contribution in [0.2, 0.25) is 0 Å². The molecular formula is C40H22N2S. The molecule has 0 saturated heterocycles. The van der Waals surface area contributed by atoms with Crippen LogP contribution in [0, 0.1) is 0 Å². The second-order valence-electron chi connectivity index (χ2n) is 11.4. The minimum absolute atomic E-state index is 0.947. The third kappa shape index (κ3) is 3.28. The number of hydrogen-bond acceptors (Lipinski definition) is 3. The zero-order valence-corrected chi connectivity index (χ0v) is 23.8. The molecular weight excluding hydrogens is 541 g/mol. The molecule has 43 heavy (non-hydrogen) atoms. The molecule has 0 amide bonds. The summed E-state index contributed by atoms with van der Waals surface area (Å²) < 4.78 is 2.73. The van der Waals surface area contributed by atoms with Gasteiger partial charge >= 0.3 is 0 Å². The van der Waals surface area contributed by atoms with E-state index in [4.69, 9.17) is 9.97 Å². The van der Waals surface area contributed by atoms with Crippen molar-refractivity contribution in [2.45, 2.75) is 0 Å². The second-order valence-corrected chi connectivity index (χ2v) is 12.5.